The summed E-state index contributed by atoms with van der Waals surface area (Å²) in [6.07, 6.45) is 2.23. The number of tetrazole rings is 1. The van der Waals surface area contributed by atoms with E-state index in [9.17, 15) is 0 Å². The third-order valence-corrected chi connectivity index (χ3v) is 5.75. The van der Waals surface area contributed by atoms with Gasteiger partial charge in [0.2, 0.25) is 17.4 Å². The molecule has 0 fully saturated rings. The first-order chi connectivity index (χ1) is 17.1. The number of nitrogens with zero attached hydrogens (tertiary/aromatic N) is 6. The molecule has 1 N–H and O–H groups in total. The Hall–Kier alpha value is -3.87. The normalized spacial score (nSPS) is 11.3. The van der Waals surface area contributed by atoms with Crippen molar-refractivity contribution in [1.29, 1.82) is 0 Å². The van der Waals surface area contributed by atoms with Gasteiger partial charge in [-0.3, -0.25) is 0 Å². The molecule has 0 aliphatic heterocycles. The number of benzene rings is 2. The minimum atomic E-state index is -0.994. The lowest BCUT2D eigenvalue weighted by atomic mass is 9.98. The highest BCUT2D eigenvalue weighted by Gasteiger charge is 2.36. The number of aromatic nitrogens is 7. The minimum absolute atomic E-state index is 0.482. The van der Waals surface area contributed by atoms with E-state index < -0.39 is 5.79 Å². The second-order valence-corrected chi connectivity index (χ2v) is 7.98. The highest BCUT2D eigenvalue weighted by Crippen LogP contribution is 2.31. The summed E-state index contributed by atoms with van der Waals surface area (Å²) in [7, 11) is 3.23. The Kier molecular flexibility index (Phi) is 7.65. The van der Waals surface area contributed by atoms with Crippen molar-refractivity contribution in [2.45, 2.75) is 45.4 Å². The number of methoxy groups -OCH3 is 2. The topological polar surface area (TPSA) is 104 Å². The van der Waals surface area contributed by atoms with Gasteiger partial charge in [0, 0.05) is 32.6 Å². The minimum Gasteiger partial charge on any atom is -0.347 e. The average molecular weight is 472 g/mol. The molecule has 9 nitrogen and oxygen atoms in total. The van der Waals surface area contributed by atoms with Gasteiger partial charge in [-0.15, -0.1) is 10.2 Å². The molecular weight excluding hydrogens is 442 g/mol. The molecule has 0 amide bonds. The first-order valence-corrected chi connectivity index (χ1v) is 11.6. The molecule has 9 heteroatoms. The van der Waals surface area contributed by atoms with Crippen molar-refractivity contribution in [2.24, 2.45) is 0 Å². The van der Waals surface area contributed by atoms with E-state index in [1.165, 1.54) is 0 Å². The molecular formula is C26H29N7O2. The van der Waals surface area contributed by atoms with Crippen LogP contribution in [0.5, 0.6) is 0 Å². The summed E-state index contributed by atoms with van der Waals surface area (Å²) in [5, 5.41) is 19.0. The molecule has 0 bridgehead atoms. The maximum absolute atomic E-state index is 5.72. The number of aromatic amines is 1. The smallest absolute Gasteiger partial charge is 0.231 e. The molecule has 0 saturated heterocycles. The number of hydrogen-bond donors (Lipinski definition) is 1. The zero-order valence-corrected chi connectivity index (χ0v) is 20.4. The van der Waals surface area contributed by atoms with Crippen molar-refractivity contribution < 1.29 is 9.47 Å². The Morgan fingerprint density at radius 1 is 1.00 bits per heavy atom. The van der Waals surface area contributed by atoms with E-state index in [1.807, 2.05) is 29.8 Å². The van der Waals surface area contributed by atoms with Crippen molar-refractivity contribution in [3.63, 3.8) is 0 Å². The van der Waals surface area contributed by atoms with E-state index in [0.717, 1.165) is 35.1 Å². The summed E-state index contributed by atoms with van der Waals surface area (Å²) in [4.78, 5) is 4.69. The molecule has 4 rings (SSSR count). The Labute approximate surface area is 204 Å². The maximum atomic E-state index is 5.72. The van der Waals surface area contributed by atoms with Crippen molar-refractivity contribution >= 4 is 0 Å². The maximum Gasteiger partial charge on any atom is 0.231 e. The van der Waals surface area contributed by atoms with Crippen molar-refractivity contribution in [2.75, 3.05) is 14.2 Å². The van der Waals surface area contributed by atoms with E-state index in [-0.39, 0.29) is 0 Å². The summed E-state index contributed by atoms with van der Waals surface area (Å²) < 4.78 is 13.2. The molecule has 2 aromatic heterocycles. The van der Waals surface area contributed by atoms with E-state index in [4.69, 9.17) is 14.6 Å². The second kappa shape index (κ2) is 11.0. The molecule has 0 unspecified atom stereocenters. The molecule has 0 aliphatic carbocycles. The van der Waals surface area contributed by atoms with Crippen LogP contribution in [0.3, 0.4) is 0 Å². The van der Waals surface area contributed by atoms with E-state index >= 15 is 0 Å². The van der Waals surface area contributed by atoms with E-state index in [2.05, 4.69) is 74.7 Å². The second-order valence-electron chi connectivity index (χ2n) is 7.98. The fourth-order valence-corrected chi connectivity index (χ4v) is 3.96. The van der Waals surface area contributed by atoms with Gasteiger partial charge in [0.25, 0.3) is 0 Å². The Morgan fingerprint density at radius 3 is 2.37 bits per heavy atom. The summed E-state index contributed by atoms with van der Waals surface area (Å²) in [6, 6.07) is 16.3. The summed E-state index contributed by atoms with van der Waals surface area (Å²) in [5.74, 6) is 6.94. The van der Waals surface area contributed by atoms with Crippen LogP contribution < -0.4 is 0 Å². The number of nitrogens with one attached hydrogen (secondary N) is 1. The number of H-pyrrole nitrogens is 1. The van der Waals surface area contributed by atoms with Crippen LogP contribution in [-0.4, -0.2) is 49.6 Å². The summed E-state index contributed by atoms with van der Waals surface area (Å²) >= 11 is 0. The quantitative estimate of drug-likeness (QED) is 0.288. The van der Waals surface area contributed by atoms with Crippen LogP contribution in [0.1, 0.15) is 50.3 Å². The summed E-state index contributed by atoms with van der Waals surface area (Å²) in [6.45, 7) is 4.59. The molecule has 0 atom stereocenters. The first-order valence-electron chi connectivity index (χ1n) is 11.6. The Morgan fingerprint density at radius 2 is 1.74 bits per heavy atom. The average Bonchev–Trinajstić information content (AvgIpc) is 3.57. The van der Waals surface area contributed by atoms with Gasteiger partial charge in [-0.05, 0) is 33.0 Å². The fraction of sp³-hybridized carbons (Fsp3) is 0.346. The number of ether oxygens (including phenoxy) is 2. The lowest BCUT2D eigenvalue weighted by Gasteiger charge is -2.27. The third-order valence-electron chi connectivity index (χ3n) is 5.75. The molecule has 0 spiro atoms. The molecule has 4 aromatic rings. The molecule has 2 heterocycles. The zero-order valence-electron chi connectivity index (χ0n) is 20.4. The molecule has 180 valence electrons. The zero-order chi connectivity index (χ0) is 24.7. The van der Waals surface area contributed by atoms with Gasteiger partial charge in [-0.25, -0.2) is 9.78 Å². The van der Waals surface area contributed by atoms with Crippen LogP contribution in [0.25, 0.3) is 22.5 Å². The van der Waals surface area contributed by atoms with Crippen LogP contribution in [0.2, 0.25) is 0 Å². The predicted molar refractivity (Wildman–Crippen MR) is 132 cm³/mol. The monoisotopic (exact) mass is 471 g/mol. The predicted octanol–water partition coefficient (Wildman–Crippen LogP) is 4.18. The van der Waals surface area contributed by atoms with E-state index in [0.29, 0.717) is 30.4 Å². The van der Waals surface area contributed by atoms with E-state index in [1.54, 1.807) is 14.2 Å². The standard InChI is InChI=1S/C26H29N7O2/c1-5-7-12-23-27-25(26(34-3,35-4)17-6-2)30-33(23)18-19-13-15-20(16-14-19)21-10-8-9-11-22(21)24-28-31-32-29-24/h8-11,13-16H,5-6,17-18H2,1-4H3,(H,28,29,31,32). The highest BCUT2D eigenvalue weighted by atomic mass is 16.7. The number of rotatable bonds is 9. The third kappa shape index (κ3) is 5.14. The van der Waals surface area contributed by atoms with Gasteiger partial charge in [0.1, 0.15) is 0 Å². The Bertz CT molecular complexity index is 1300. The van der Waals surface area contributed by atoms with Gasteiger partial charge in [-0.1, -0.05) is 74.7 Å². The Balaban J connectivity index is 1.65. The van der Waals surface area contributed by atoms with Gasteiger partial charge in [0.15, 0.2) is 5.82 Å². The fourth-order valence-electron chi connectivity index (χ4n) is 3.96. The van der Waals surface area contributed by atoms with Gasteiger partial charge in [-0.2, -0.15) is 4.98 Å². The van der Waals surface area contributed by atoms with Crippen molar-refractivity contribution in [3.05, 3.63) is 65.7 Å². The van der Waals surface area contributed by atoms with Gasteiger partial charge < -0.3 is 9.47 Å². The van der Waals surface area contributed by atoms with Crippen LogP contribution in [0.4, 0.5) is 0 Å². The largest absolute Gasteiger partial charge is 0.347 e. The molecule has 0 saturated carbocycles. The molecule has 2 aromatic carbocycles. The van der Waals surface area contributed by atoms with Gasteiger partial charge >= 0.3 is 0 Å². The van der Waals surface area contributed by atoms with Crippen LogP contribution in [0, 0.1) is 11.8 Å². The molecule has 0 radical (unpaired) electrons. The van der Waals surface area contributed by atoms with Crippen LogP contribution in [-0.2, 0) is 21.8 Å². The lowest BCUT2D eigenvalue weighted by molar-refractivity contribution is -0.225. The lowest BCUT2D eigenvalue weighted by Crippen LogP contribution is -2.32. The van der Waals surface area contributed by atoms with Crippen molar-refractivity contribution in [1.82, 2.24) is 35.4 Å². The molecule has 35 heavy (non-hydrogen) atoms. The van der Waals surface area contributed by atoms with Crippen LogP contribution >= 0.6 is 0 Å². The van der Waals surface area contributed by atoms with Crippen molar-refractivity contribution in [3.8, 4) is 34.4 Å². The number of hydrogen-bond acceptors (Lipinski definition) is 7. The molecule has 0 aliphatic rings. The SMILES string of the molecule is CCC#Cc1nc(C(CCC)(OC)OC)nn1Cc1ccc(-c2ccccc2-c2nnn[nH]2)cc1. The van der Waals surface area contributed by atoms with Gasteiger partial charge in [0.05, 0.1) is 6.54 Å². The summed E-state index contributed by atoms with van der Waals surface area (Å²) in [5.41, 5.74) is 4.11. The highest BCUT2D eigenvalue weighted by molar-refractivity contribution is 5.80. The first kappa shape index (κ1) is 24.3. The van der Waals surface area contributed by atoms with Crippen LogP contribution in [0.15, 0.2) is 48.5 Å².